The molecule has 2 aromatic heterocycles. The summed E-state index contributed by atoms with van der Waals surface area (Å²) in [5.74, 6) is 2.17. The van der Waals surface area contributed by atoms with E-state index in [9.17, 15) is 0 Å². The molecule has 0 bridgehead atoms. The third-order valence-corrected chi connectivity index (χ3v) is 4.77. The van der Waals surface area contributed by atoms with Crippen LogP contribution in [0.1, 0.15) is 30.5 Å². The average Bonchev–Trinajstić information content (AvgIpc) is 3.32. The van der Waals surface area contributed by atoms with Crippen LogP contribution in [0.15, 0.2) is 36.7 Å². The van der Waals surface area contributed by atoms with Crippen molar-refractivity contribution in [1.82, 2.24) is 24.4 Å². The molecule has 0 radical (unpaired) electrons. The minimum absolute atomic E-state index is 0.338. The number of aromatic nitrogens is 4. The van der Waals surface area contributed by atoms with Gasteiger partial charge in [0.2, 0.25) is 0 Å². The van der Waals surface area contributed by atoms with E-state index in [0.717, 1.165) is 48.7 Å². The molecule has 3 aromatic rings. The first-order valence-corrected chi connectivity index (χ1v) is 8.53. The lowest BCUT2D eigenvalue weighted by molar-refractivity contribution is 0.182. The SMILES string of the molecule is COCCn1ccnc1CN1CCC[C@H]1c1nc2ccccc2[nH]1. The highest BCUT2D eigenvalue weighted by atomic mass is 16.5. The fourth-order valence-corrected chi connectivity index (χ4v) is 3.52. The van der Waals surface area contributed by atoms with Crippen molar-refractivity contribution in [1.29, 1.82) is 0 Å². The van der Waals surface area contributed by atoms with Gasteiger partial charge in [0.15, 0.2) is 0 Å². The molecule has 0 saturated carbocycles. The van der Waals surface area contributed by atoms with Gasteiger partial charge >= 0.3 is 0 Å². The zero-order valence-electron chi connectivity index (χ0n) is 14.0. The lowest BCUT2D eigenvalue weighted by Crippen LogP contribution is -2.25. The molecule has 0 spiro atoms. The van der Waals surface area contributed by atoms with Crippen molar-refractivity contribution in [3.05, 3.63) is 48.3 Å². The number of rotatable bonds is 6. The van der Waals surface area contributed by atoms with E-state index in [1.54, 1.807) is 7.11 Å². The number of nitrogens with one attached hydrogen (secondary N) is 1. The largest absolute Gasteiger partial charge is 0.383 e. The molecular formula is C18H23N5O. The summed E-state index contributed by atoms with van der Waals surface area (Å²) in [7, 11) is 1.73. The van der Waals surface area contributed by atoms with Crippen molar-refractivity contribution in [2.45, 2.75) is 32.0 Å². The zero-order valence-corrected chi connectivity index (χ0v) is 14.0. The van der Waals surface area contributed by atoms with Crippen LogP contribution in [0.2, 0.25) is 0 Å². The number of H-pyrrole nitrogens is 1. The maximum absolute atomic E-state index is 5.19. The number of fused-ring (bicyclic) bond motifs is 1. The molecule has 1 aromatic carbocycles. The summed E-state index contributed by atoms with van der Waals surface area (Å²) in [6.07, 6.45) is 6.23. The Labute approximate surface area is 141 Å². The summed E-state index contributed by atoms with van der Waals surface area (Å²) >= 11 is 0. The molecule has 0 unspecified atom stereocenters. The quantitative estimate of drug-likeness (QED) is 0.757. The van der Waals surface area contributed by atoms with Crippen molar-refractivity contribution in [3.8, 4) is 0 Å². The standard InChI is InChI=1S/C18H23N5O/c1-24-12-11-22-10-8-19-17(22)13-23-9-4-7-16(23)18-20-14-5-2-3-6-15(14)21-18/h2-3,5-6,8,10,16H,4,7,9,11-13H2,1H3,(H,20,21)/t16-/m0/s1. The molecule has 126 valence electrons. The van der Waals surface area contributed by atoms with E-state index < -0.39 is 0 Å². The second-order valence-corrected chi connectivity index (χ2v) is 6.30. The van der Waals surface area contributed by atoms with E-state index in [2.05, 4.69) is 31.6 Å². The summed E-state index contributed by atoms with van der Waals surface area (Å²) < 4.78 is 7.37. The van der Waals surface area contributed by atoms with Gasteiger partial charge in [-0.1, -0.05) is 12.1 Å². The Hall–Kier alpha value is -2.18. The summed E-state index contributed by atoms with van der Waals surface area (Å²) in [5.41, 5.74) is 2.15. The molecule has 24 heavy (non-hydrogen) atoms. The maximum Gasteiger partial charge on any atom is 0.124 e. The summed E-state index contributed by atoms with van der Waals surface area (Å²) in [5, 5.41) is 0. The molecule has 6 heteroatoms. The smallest absolute Gasteiger partial charge is 0.124 e. The minimum atomic E-state index is 0.338. The van der Waals surface area contributed by atoms with Crippen molar-refractivity contribution in [2.75, 3.05) is 20.3 Å². The maximum atomic E-state index is 5.19. The van der Waals surface area contributed by atoms with Crippen LogP contribution >= 0.6 is 0 Å². The summed E-state index contributed by atoms with van der Waals surface area (Å²) in [6, 6.07) is 8.56. The number of hydrogen-bond acceptors (Lipinski definition) is 4. The molecule has 1 aliphatic rings. The molecule has 0 aliphatic carbocycles. The van der Waals surface area contributed by atoms with Gasteiger partial charge in [0.1, 0.15) is 11.6 Å². The third-order valence-electron chi connectivity index (χ3n) is 4.77. The second-order valence-electron chi connectivity index (χ2n) is 6.30. The van der Waals surface area contributed by atoms with Crippen LogP contribution in [0.25, 0.3) is 11.0 Å². The molecule has 1 atom stereocenters. The predicted molar refractivity (Wildman–Crippen MR) is 92.6 cm³/mol. The van der Waals surface area contributed by atoms with Crippen LogP contribution in [0.5, 0.6) is 0 Å². The van der Waals surface area contributed by atoms with Crippen molar-refractivity contribution < 1.29 is 4.74 Å². The van der Waals surface area contributed by atoms with E-state index >= 15 is 0 Å². The minimum Gasteiger partial charge on any atom is -0.383 e. The Kier molecular flexibility index (Phi) is 4.32. The molecule has 6 nitrogen and oxygen atoms in total. The Balaban J connectivity index is 1.53. The molecule has 1 fully saturated rings. The summed E-state index contributed by atoms with van der Waals surface area (Å²) in [4.78, 5) is 15.3. The van der Waals surface area contributed by atoms with Crippen LogP contribution < -0.4 is 0 Å². The van der Waals surface area contributed by atoms with Crippen LogP contribution in [-0.4, -0.2) is 44.7 Å². The lowest BCUT2D eigenvalue weighted by Gasteiger charge is -2.22. The Bertz CT molecular complexity index is 775. The highest BCUT2D eigenvalue weighted by molar-refractivity contribution is 5.74. The van der Waals surface area contributed by atoms with Crippen molar-refractivity contribution in [2.24, 2.45) is 0 Å². The van der Waals surface area contributed by atoms with E-state index in [1.165, 1.54) is 6.42 Å². The van der Waals surface area contributed by atoms with Gasteiger partial charge in [-0.25, -0.2) is 9.97 Å². The normalized spacial score (nSPS) is 18.6. The van der Waals surface area contributed by atoms with Gasteiger partial charge < -0.3 is 14.3 Å². The Morgan fingerprint density at radius 2 is 2.25 bits per heavy atom. The van der Waals surface area contributed by atoms with Gasteiger partial charge in [-0.15, -0.1) is 0 Å². The van der Waals surface area contributed by atoms with Gasteiger partial charge in [0.25, 0.3) is 0 Å². The first-order chi connectivity index (χ1) is 11.8. The second kappa shape index (κ2) is 6.75. The molecule has 1 aliphatic heterocycles. The molecule has 3 heterocycles. The fourth-order valence-electron chi connectivity index (χ4n) is 3.52. The van der Waals surface area contributed by atoms with Crippen molar-refractivity contribution >= 4 is 11.0 Å². The monoisotopic (exact) mass is 325 g/mol. The number of imidazole rings is 2. The van der Waals surface area contributed by atoms with Crippen molar-refractivity contribution in [3.63, 3.8) is 0 Å². The van der Waals surface area contributed by atoms with Gasteiger partial charge in [0.05, 0.1) is 30.2 Å². The van der Waals surface area contributed by atoms with E-state index in [0.29, 0.717) is 12.6 Å². The lowest BCUT2D eigenvalue weighted by atomic mass is 10.2. The number of aromatic amines is 1. The Morgan fingerprint density at radius 3 is 3.12 bits per heavy atom. The number of nitrogens with zero attached hydrogens (tertiary/aromatic N) is 4. The molecular weight excluding hydrogens is 302 g/mol. The van der Waals surface area contributed by atoms with Crippen LogP contribution in [0.4, 0.5) is 0 Å². The number of methoxy groups -OCH3 is 1. The van der Waals surface area contributed by atoms with E-state index in [4.69, 9.17) is 9.72 Å². The number of likely N-dealkylation sites (tertiary alicyclic amines) is 1. The number of para-hydroxylation sites is 2. The highest BCUT2D eigenvalue weighted by Gasteiger charge is 2.29. The fraction of sp³-hybridized carbons (Fsp3) is 0.444. The van der Waals surface area contributed by atoms with Gasteiger partial charge in [-0.3, -0.25) is 4.90 Å². The van der Waals surface area contributed by atoms with Crippen LogP contribution in [-0.2, 0) is 17.8 Å². The first-order valence-electron chi connectivity index (χ1n) is 8.53. The number of benzene rings is 1. The molecule has 4 rings (SSSR count). The van der Waals surface area contributed by atoms with E-state index in [-0.39, 0.29) is 0 Å². The predicted octanol–water partition coefficient (Wildman–Crippen LogP) is 2.74. The van der Waals surface area contributed by atoms with Crippen LogP contribution in [0, 0.1) is 0 Å². The number of ether oxygens (including phenoxy) is 1. The van der Waals surface area contributed by atoms with Crippen LogP contribution in [0.3, 0.4) is 0 Å². The summed E-state index contributed by atoms with van der Waals surface area (Å²) in [6.45, 7) is 3.47. The zero-order chi connectivity index (χ0) is 16.4. The highest BCUT2D eigenvalue weighted by Crippen LogP contribution is 2.32. The van der Waals surface area contributed by atoms with Gasteiger partial charge in [0, 0.05) is 26.0 Å². The number of hydrogen-bond donors (Lipinski definition) is 1. The Morgan fingerprint density at radius 1 is 1.33 bits per heavy atom. The molecule has 1 N–H and O–H groups in total. The first kappa shape index (κ1) is 15.4. The molecule has 0 amide bonds. The molecule has 1 saturated heterocycles. The van der Waals surface area contributed by atoms with Gasteiger partial charge in [-0.2, -0.15) is 0 Å². The van der Waals surface area contributed by atoms with E-state index in [1.807, 2.05) is 24.5 Å². The van der Waals surface area contributed by atoms with Gasteiger partial charge in [-0.05, 0) is 31.5 Å². The average molecular weight is 325 g/mol. The third kappa shape index (κ3) is 2.95. The topological polar surface area (TPSA) is 59.0 Å².